The van der Waals surface area contributed by atoms with Crippen LogP contribution < -0.4 is 10.5 Å². The van der Waals surface area contributed by atoms with E-state index >= 15 is 0 Å². The lowest BCUT2D eigenvalue weighted by molar-refractivity contribution is 0.301. The van der Waals surface area contributed by atoms with Crippen LogP contribution in [0.5, 0.6) is 5.75 Å². The average molecular weight is 253 g/mol. The Balaban J connectivity index is 2.08. The molecule has 5 heteroatoms. The normalized spacial score (nSPS) is 10.5. The smallest absolute Gasteiger partial charge is 0.130 e. The largest absolute Gasteiger partial charge is 0.488 e. The Bertz CT molecular complexity index is 471. The summed E-state index contributed by atoms with van der Waals surface area (Å²) >= 11 is 5.93. The van der Waals surface area contributed by atoms with E-state index in [1.54, 1.807) is 18.5 Å². The van der Waals surface area contributed by atoms with Gasteiger partial charge in [-0.1, -0.05) is 16.8 Å². The molecule has 0 amide bonds. The first-order chi connectivity index (χ1) is 8.29. The van der Waals surface area contributed by atoms with Crippen molar-refractivity contribution < 1.29 is 9.26 Å². The Kier molecular flexibility index (Phi) is 4.01. The quantitative estimate of drug-likeness (QED) is 0.888. The van der Waals surface area contributed by atoms with Crippen molar-refractivity contribution in [1.82, 2.24) is 5.16 Å². The van der Waals surface area contributed by atoms with Gasteiger partial charge in [0.25, 0.3) is 0 Å². The second-order valence-electron chi connectivity index (χ2n) is 3.61. The second-order valence-corrected chi connectivity index (χ2v) is 4.05. The van der Waals surface area contributed by atoms with Gasteiger partial charge in [-0.25, -0.2) is 0 Å². The van der Waals surface area contributed by atoms with Gasteiger partial charge in [-0.2, -0.15) is 0 Å². The fraction of sp³-hybridized carbons (Fsp3) is 0.250. The molecule has 2 aromatic rings. The summed E-state index contributed by atoms with van der Waals surface area (Å²) in [6, 6.07) is 5.52. The third-order valence-corrected chi connectivity index (χ3v) is 2.55. The Labute approximate surface area is 104 Å². The number of halogens is 1. The monoisotopic (exact) mass is 252 g/mol. The van der Waals surface area contributed by atoms with Crippen LogP contribution in [0.2, 0.25) is 5.02 Å². The number of aromatic nitrogens is 1. The van der Waals surface area contributed by atoms with Gasteiger partial charge >= 0.3 is 0 Å². The molecular formula is C12H13ClN2O2. The zero-order chi connectivity index (χ0) is 12.1. The molecule has 2 N–H and O–H groups in total. The van der Waals surface area contributed by atoms with Crippen molar-refractivity contribution >= 4 is 11.6 Å². The van der Waals surface area contributed by atoms with Crippen LogP contribution in [0.15, 0.2) is 35.2 Å². The zero-order valence-electron chi connectivity index (χ0n) is 9.23. The van der Waals surface area contributed by atoms with Crippen molar-refractivity contribution in [1.29, 1.82) is 0 Å². The predicted octanol–water partition coefficient (Wildman–Crippen LogP) is 2.41. The molecule has 4 nitrogen and oxygen atoms in total. The Morgan fingerprint density at radius 2 is 2.29 bits per heavy atom. The van der Waals surface area contributed by atoms with Gasteiger partial charge in [-0.05, 0) is 36.7 Å². The van der Waals surface area contributed by atoms with Crippen LogP contribution in [0.1, 0.15) is 11.1 Å². The van der Waals surface area contributed by atoms with E-state index in [-0.39, 0.29) is 0 Å². The summed E-state index contributed by atoms with van der Waals surface area (Å²) in [6.07, 6.45) is 3.91. The minimum absolute atomic E-state index is 0.419. The highest BCUT2D eigenvalue weighted by Gasteiger charge is 2.05. The van der Waals surface area contributed by atoms with Gasteiger partial charge < -0.3 is 15.0 Å². The van der Waals surface area contributed by atoms with E-state index in [0.29, 0.717) is 18.2 Å². The third kappa shape index (κ3) is 3.22. The van der Waals surface area contributed by atoms with Gasteiger partial charge in [0.05, 0.1) is 6.20 Å². The van der Waals surface area contributed by atoms with E-state index in [1.807, 2.05) is 12.1 Å². The maximum absolute atomic E-state index is 5.93. The molecule has 0 aliphatic rings. The number of nitrogens with zero attached hydrogens (tertiary/aromatic N) is 1. The summed E-state index contributed by atoms with van der Waals surface area (Å²) in [6.45, 7) is 0.979. The number of nitrogens with two attached hydrogens (primary N) is 1. The minimum Gasteiger partial charge on any atom is -0.488 e. The van der Waals surface area contributed by atoms with Crippen molar-refractivity contribution in [3.63, 3.8) is 0 Å². The zero-order valence-corrected chi connectivity index (χ0v) is 9.98. The van der Waals surface area contributed by atoms with Gasteiger partial charge in [0, 0.05) is 10.6 Å². The molecule has 0 aliphatic carbocycles. The lowest BCUT2D eigenvalue weighted by Gasteiger charge is -2.10. The van der Waals surface area contributed by atoms with E-state index in [4.69, 9.17) is 26.6 Å². The van der Waals surface area contributed by atoms with Crippen LogP contribution in [0.3, 0.4) is 0 Å². The lowest BCUT2D eigenvalue weighted by Crippen LogP contribution is -2.05. The van der Waals surface area contributed by atoms with Gasteiger partial charge in [-0.3, -0.25) is 0 Å². The lowest BCUT2D eigenvalue weighted by atomic mass is 10.1. The molecule has 0 atom stereocenters. The highest BCUT2D eigenvalue weighted by atomic mass is 35.5. The highest BCUT2D eigenvalue weighted by molar-refractivity contribution is 6.30. The molecule has 0 saturated carbocycles. The fourth-order valence-electron chi connectivity index (χ4n) is 1.50. The SMILES string of the molecule is NCCc1cc(Cl)ccc1OCc1cnoc1. The predicted molar refractivity (Wildman–Crippen MR) is 65.0 cm³/mol. The van der Waals surface area contributed by atoms with E-state index in [2.05, 4.69) is 5.16 Å². The van der Waals surface area contributed by atoms with Crippen LogP contribution in [0, 0.1) is 0 Å². The van der Waals surface area contributed by atoms with Crippen molar-refractivity contribution in [2.24, 2.45) is 5.73 Å². The topological polar surface area (TPSA) is 61.3 Å². The molecule has 17 heavy (non-hydrogen) atoms. The molecular weight excluding hydrogens is 240 g/mol. The number of hydrogen-bond acceptors (Lipinski definition) is 4. The molecule has 0 bridgehead atoms. The molecule has 0 unspecified atom stereocenters. The van der Waals surface area contributed by atoms with Crippen molar-refractivity contribution in [2.75, 3.05) is 6.54 Å². The highest BCUT2D eigenvalue weighted by Crippen LogP contribution is 2.24. The minimum atomic E-state index is 0.419. The summed E-state index contributed by atoms with van der Waals surface area (Å²) in [5.41, 5.74) is 7.44. The molecule has 0 spiro atoms. The molecule has 90 valence electrons. The molecule has 2 rings (SSSR count). The van der Waals surface area contributed by atoms with Crippen LogP contribution >= 0.6 is 11.6 Å². The summed E-state index contributed by atoms with van der Waals surface area (Å²) in [7, 11) is 0. The molecule has 0 saturated heterocycles. The number of hydrogen-bond donors (Lipinski definition) is 1. The maximum atomic E-state index is 5.93. The van der Waals surface area contributed by atoms with Crippen LogP contribution in [-0.2, 0) is 13.0 Å². The summed E-state index contributed by atoms with van der Waals surface area (Å²) in [5.74, 6) is 0.793. The molecule has 0 aliphatic heterocycles. The van der Waals surface area contributed by atoms with Gasteiger partial charge in [0.15, 0.2) is 0 Å². The number of rotatable bonds is 5. The molecule has 1 aromatic carbocycles. The summed E-state index contributed by atoms with van der Waals surface area (Å²) in [5, 5.41) is 4.30. The average Bonchev–Trinajstić information content (AvgIpc) is 2.81. The van der Waals surface area contributed by atoms with Crippen LogP contribution in [0.25, 0.3) is 0 Å². The number of benzene rings is 1. The van der Waals surface area contributed by atoms with Crippen molar-refractivity contribution in [3.05, 3.63) is 46.8 Å². The molecule has 1 aromatic heterocycles. The summed E-state index contributed by atoms with van der Waals surface area (Å²) < 4.78 is 10.4. The Hall–Kier alpha value is -1.52. The molecule has 0 fully saturated rings. The molecule has 1 heterocycles. The summed E-state index contributed by atoms with van der Waals surface area (Å²) in [4.78, 5) is 0. The number of ether oxygens (including phenoxy) is 1. The van der Waals surface area contributed by atoms with Gasteiger partial charge in [0.1, 0.15) is 18.6 Å². The third-order valence-electron chi connectivity index (χ3n) is 2.31. The Morgan fingerprint density at radius 1 is 1.41 bits per heavy atom. The first-order valence-corrected chi connectivity index (χ1v) is 5.67. The van der Waals surface area contributed by atoms with Crippen molar-refractivity contribution in [3.8, 4) is 5.75 Å². The second kappa shape index (κ2) is 5.70. The van der Waals surface area contributed by atoms with Gasteiger partial charge in [-0.15, -0.1) is 0 Å². The first-order valence-electron chi connectivity index (χ1n) is 5.29. The van der Waals surface area contributed by atoms with E-state index < -0.39 is 0 Å². The Morgan fingerprint density at radius 3 is 3.00 bits per heavy atom. The van der Waals surface area contributed by atoms with E-state index in [0.717, 1.165) is 23.3 Å². The standard InChI is InChI=1S/C12H13ClN2O2/c13-11-1-2-12(10(5-11)3-4-14)16-7-9-6-15-17-8-9/h1-2,5-6,8H,3-4,7,14H2. The van der Waals surface area contributed by atoms with Crippen molar-refractivity contribution in [2.45, 2.75) is 13.0 Å². The van der Waals surface area contributed by atoms with E-state index in [9.17, 15) is 0 Å². The fourth-order valence-corrected chi connectivity index (χ4v) is 1.69. The van der Waals surface area contributed by atoms with Crippen LogP contribution in [0.4, 0.5) is 0 Å². The maximum Gasteiger partial charge on any atom is 0.130 e. The molecule has 0 radical (unpaired) electrons. The van der Waals surface area contributed by atoms with E-state index in [1.165, 1.54) is 0 Å². The van der Waals surface area contributed by atoms with Gasteiger partial charge in [0.2, 0.25) is 0 Å². The van der Waals surface area contributed by atoms with Crippen LogP contribution in [-0.4, -0.2) is 11.7 Å². The first kappa shape index (κ1) is 12.0.